The minimum absolute atomic E-state index is 0.0331. The molecule has 1 N–H and O–H groups in total. The molecule has 0 aliphatic rings. The smallest absolute Gasteiger partial charge is 0.268 e. The van der Waals surface area contributed by atoms with Crippen molar-refractivity contribution >= 4 is 17.8 Å². The molecule has 1 amide bonds. The van der Waals surface area contributed by atoms with Crippen molar-refractivity contribution in [2.75, 3.05) is 0 Å². The fourth-order valence-corrected chi connectivity index (χ4v) is 2.36. The van der Waals surface area contributed by atoms with Gasteiger partial charge in [0.05, 0.1) is 17.7 Å². The van der Waals surface area contributed by atoms with Crippen LogP contribution in [0.25, 0.3) is 0 Å². The van der Waals surface area contributed by atoms with Crippen LogP contribution in [0.1, 0.15) is 27.2 Å². The van der Waals surface area contributed by atoms with Crippen LogP contribution in [0.2, 0.25) is 0 Å². The third-order valence-corrected chi connectivity index (χ3v) is 3.82. The first kappa shape index (κ1) is 18.0. The van der Waals surface area contributed by atoms with Crippen LogP contribution in [0.5, 0.6) is 0 Å². The predicted molar refractivity (Wildman–Crippen MR) is 101 cm³/mol. The molecule has 0 radical (unpaired) electrons. The molecule has 0 aliphatic heterocycles. The van der Waals surface area contributed by atoms with Gasteiger partial charge in [-0.2, -0.15) is 10.2 Å². The highest BCUT2D eigenvalue weighted by Gasteiger charge is 2.09. The second kappa shape index (κ2) is 8.05. The van der Waals surface area contributed by atoms with E-state index in [0.717, 1.165) is 16.7 Å². The van der Waals surface area contributed by atoms with Crippen LogP contribution < -0.4 is 5.43 Å². The second-order valence-corrected chi connectivity index (χ2v) is 5.93. The Morgan fingerprint density at radius 1 is 1.19 bits per heavy atom. The molecule has 3 aromatic rings. The van der Waals surface area contributed by atoms with Crippen molar-refractivity contribution in [3.8, 4) is 0 Å². The molecule has 136 valence electrons. The summed E-state index contributed by atoms with van der Waals surface area (Å²) in [5, 5.41) is 18.8. The summed E-state index contributed by atoms with van der Waals surface area (Å²) in [6.07, 6.45) is 3.23. The van der Waals surface area contributed by atoms with E-state index in [0.29, 0.717) is 6.54 Å². The van der Waals surface area contributed by atoms with E-state index in [4.69, 9.17) is 0 Å². The number of carbonyl (C=O) groups is 1. The van der Waals surface area contributed by atoms with E-state index in [1.165, 1.54) is 12.1 Å². The standard InChI is InChI=1S/C19H17N5O3/c1-14-2-4-15(5-3-14)12-20-21-19(25)18-10-11-23(22-18)13-16-6-8-17(9-7-16)24(26)27/h2-12H,13H2,1H3,(H,21,25)/b20-12+. The number of hydrazone groups is 1. The van der Waals surface area contributed by atoms with Gasteiger partial charge in [0.25, 0.3) is 11.6 Å². The average molecular weight is 363 g/mol. The van der Waals surface area contributed by atoms with Gasteiger partial charge in [-0.25, -0.2) is 5.43 Å². The number of non-ortho nitro benzene ring substituents is 1. The summed E-state index contributed by atoms with van der Waals surface area (Å²) in [6.45, 7) is 2.40. The maximum Gasteiger partial charge on any atom is 0.291 e. The molecule has 0 fully saturated rings. The number of nitrogens with zero attached hydrogens (tertiary/aromatic N) is 4. The fraction of sp³-hybridized carbons (Fsp3) is 0.105. The van der Waals surface area contributed by atoms with Crippen LogP contribution in [0.4, 0.5) is 5.69 Å². The number of amides is 1. The summed E-state index contributed by atoms with van der Waals surface area (Å²) < 4.78 is 1.58. The van der Waals surface area contributed by atoms with E-state index < -0.39 is 10.8 Å². The topological polar surface area (TPSA) is 102 Å². The minimum Gasteiger partial charge on any atom is -0.268 e. The molecule has 8 heteroatoms. The van der Waals surface area contributed by atoms with E-state index in [-0.39, 0.29) is 11.4 Å². The van der Waals surface area contributed by atoms with Crippen molar-refractivity contribution in [2.45, 2.75) is 13.5 Å². The molecule has 2 aromatic carbocycles. The van der Waals surface area contributed by atoms with Gasteiger partial charge in [-0.15, -0.1) is 0 Å². The zero-order valence-corrected chi connectivity index (χ0v) is 14.6. The lowest BCUT2D eigenvalue weighted by atomic mass is 10.2. The maximum atomic E-state index is 12.1. The molecular formula is C19H17N5O3. The Hall–Kier alpha value is -3.81. The van der Waals surface area contributed by atoms with E-state index in [2.05, 4.69) is 15.6 Å². The van der Waals surface area contributed by atoms with Crippen LogP contribution in [0.3, 0.4) is 0 Å². The Kier molecular flexibility index (Phi) is 5.36. The molecule has 0 atom stereocenters. The number of benzene rings is 2. The molecule has 0 aliphatic carbocycles. The number of nitrogens with one attached hydrogen (secondary N) is 1. The van der Waals surface area contributed by atoms with E-state index in [9.17, 15) is 14.9 Å². The van der Waals surface area contributed by atoms with E-state index in [1.54, 1.807) is 35.3 Å². The van der Waals surface area contributed by atoms with Crippen LogP contribution in [0.15, 0.2) is 65.9 Å². The molecule has 27 heavy (non-hydrogen) atoms. The van der Waals surface area contributed by atoms with Crippen molar-refractivity contribution in [3.63, 3.8) is 0 Å². The van der Waals surface area contributed by atoms with Gasteiger partial charge in [0, 0.05) is 18.3 Å². The van der Waals surface area contributed by atoms with Gasteiger partial charge in [0.2, 0.25) is 0 Å². The highest BCUT2D eigenvalue weighted by atomic mass is 16.6. The monoisotopic (exact) mass is 363 g/mol. The maximum absolute atomic E-state index is 12.1. The zero-order valence-electron chi connectivity index (χ0n) is 14.6. The number of hydrogen-bond acceptors (Lipinski definition) is 5. The first-order chi connectivity index (χ1) is 13.0. The highest BCUT2D eigenvalue weighted by Crippen LogP contribution is 2.12. The molecule has 0 saturated carbocycles. The molecule has 0 unspecified atom stereocenters. The van der Waals surface area contributed by atoms with Gasteiger partial charge in [0.1, 0.15) is 0 Å². The molecule has 0 bridgehead atoms. The van der Waals surface area contributed by atoms with Gasteiger partial charge >= 0.3 is 0 Å². The second-order valence-electron chi connectivity index (χ2n) is 5.93. The van der Waals surface area contributed by atoms with Gasteiger partial charge < -0.3 is 0 Å². The number of hydrogen-bond donors (Lipinski definition) is 1. The van der Waals surface area contributed by atoms with Crippen molar-refractivity contribution in [3.05, 3.63) is 93.3 Å². The number of nitro groups is 1. The Morgan fingerprint density at radius 2 is 1.89 bits per heavy atom. The van der Waals surface area contributed by atoms with Gasteiger partial charge in [-0.05, 0) is 24.1 Å². The number of rotatable bonds is 6. The summed E-state index contributed by atoms with van der Waals surface area (Å²) in [5.41, 5.74) is 5.57. The van der Waals surface area contributed by atoms with Crippen molar-refractivity contribution in [1.29, 1.82) is 0 Å². The summed E-state index contributed by atoms with van der Waals surface area (Å²) in [7, 11) is 0. The van der Waals surface area contributed by atoms with Crippen LogP contribution in [-0.2, 0) is 6.54 Å². The number of aryl methyl sites for hydroxylation is 1. The summed E-state index contributed by atoms with van der Waals surface area (Å²) in [6, 6.07) is 15.5. The third kappa shape index (κ3) is 4.85. The summed E-state index contributed by atoms with van der Waals surface area (Å²) in [4.78, 5) is 22.3. The molecular weight excluding hydrogens is 346 g/mol. The van der Waals surface area contributed by atoms with E-state index >= 15 is 0 Å². The van der Waals surface area contributed by atoms with Gasteiger partial charge in [0.15, 0.2) is 5.69 Å². The Bertz CT molecular complexity index is 975. The molecule has 0 saturated heterocycles. The van der Waals surface area contributed by atoms with Crippen molar-refractivity contribution in [2.24, 2.45) is 5.10 Å². The molecule has 0 spiro atoms. The van der Waals surface area contributed by atoms with Crippen molar-refractivity contribution in [1.82, 2.24) is 15.2 Å². The third-order valence-electron chi connectivity index (χ3n) is 3.82. The highest BCUT2D eigenvalue weighted by molar-refractivity contribution is 5.93. The minimum atomic E-state index is -0.447. The average Bonchev–Trinajstić information content (AvgIpc) is 3.12. The largest absolute Gasteiger partial charge is 0.291 e. The lowest BCUT2D eigenvalue weighted by Crippen LogP contribution is -2.18. The number of nitro benzene ring substituents is 1. The SMILES string of the molecule is Cc1ccc(/C=N/NC(=O)c2ccn(Cc3ccc([N+](=O)[O-])cc3)n2)cc1. The zero-order chi connectivity index (χ0) is 19.2. The summed E-state index contributed by atoms with van der Waals surface area (Å²) in [5.74, 6) is -0.416. The quantitative estimate of drug-likeness (QED) is 0.413. The Labute approximate surface area is 155 Å². The fourth-order valence-electron chi connectivity index (χ4n) is 2.36. The first-order valence-corrected chi connectivity index (χ1v) is 8.18. The number of carbonyl (C=O) groups excluding carboxylic acids is 1. The van der Waals surface area contributed by atoms with Gasteiger partial charge in [-0.1, -0.05) is 42.0 Å². The van der Waals surface area contributed by atoms with Gasteiger partial charge in [-0.3, -0.25) is 19.6 Å². The summed E-state index contributed by atoms with van der Waals surface area (Å²) >= 11 is 0. The lowest BCUT2D eigenvalue weighted by Gasteiger charge is -2.01. The molecule has 1 aromatic heterocycles. The van der Waals surface area contributed by atoms with E-state index in [1.807, 2.05) is 31.2 Å². The van der Waals surface area contributed by atoms with Crippen LogP contribution in [-0.4, -0.2) is 26.8 Å². The Balaban J connectivity index is 1.58. The van der Waals surface area contributed by atoms with Crippen LogP contribution >= 0.6 is 0 Å². The first-order valence-electron chi connectivity index (χ1n) is 8.18. The van der Waals surface area contributed by atoms with Crippen LogP contribution in [0, 0.1) is 17.0 Å². The lowest BCUT2D eigenvalue weighted by molar-refractivity contribution is -0.384. The number of aromatic nitrogens is 2. The molecule has 8 nitrogen and oxygen atoms in total. The Morgan fingerprint density at radius 3 is 2.56 bits per heavy atom. The predicted octanol–water partition coefficient (Wildman–Crippen LogP) is 2.91. The van der Waals surface area contributed by atoms with Crippen molar-refractivity contribution < 1.29 is 9.72 Å². The normalized spacial score (nSPS) is 10.9. The molecule has 3 rings (SSSR count). The molecule has 1 heterocycles.